The molecule has 0 saturated heterocycles. The lowest BCUT2D eigenvalue weighted by Gasteiger charge is -2.27. The molecule has 84 heavy (non-hydrogen) atoms. The van der Waals surface area contributed by atoms with Gasteiger partial charge in [-0.1, -0.05) is 261 Å². The van der Waals surface area contributed by atoms with E-state index in [1.807, 2.05) is 0 Å². The summed E-state index contributed by atoms with van der Waals surface area (Å²) in [6, 6.07) is 124. The fourth-order valence-electron chi connectivity index (χ4n) is 12.9. The SMILES string of the molecule is c1ccc(-c2cccc(N(c3ccccc3)c3cccc(-c4c5ccccc5c(-c5cccc(-c6c7ccccc7c(-c7cccc(N(c8ccccc8)c8cccc(-c9ccccc9)c8)c7)c7ccccc67)c5)c5ccccc45)c3)c2)cc1. The molecule has 0 atom stereocenters. The van der Waals surface area contributed by atoms with E-state index in [-0.39, 0.29) is 0 Å². The molecule has 0 amide bonds. The predicted octanol–water partition coefficient (Wildman–Crippen LogP) is 23.2. The van der Waals surface area contributed by atoms with Crippen LogP contribution in [0.3, 0.4) is 0 Å². The fourth-order valence-corrected chi connectivity index (χ4v) is 12.9. The number of hydrogen-bond donors (Lipinski definition) is 0. The Morgan fingerprint density at radius 3 is 0.607 bits per heavy atom. The first-order chi connectivity index (χ1) is 41.7. The highest BCUT2D eigenvalue weighted by atomic mass is 15.1. The Morgan fingerprint density at radius 2 is 0.321 bits per heavy atom. The largest absolute Gasteiger partial charge is 0.310 e. The summed E-state index contributed by atoms with van der Waals surface area (Å²) in [4.78, 5) is 4.76. The van der Waals surface area contributed by atoms with E-state index < -0.39 is 0 Å². The second-order valence-electron chi connectivity index (χ2n) is 21.5. The minimum absolute atomic E-state index is 1.09. The van der Waals surface area contributed by atoms with Crippen LogP contribution in [0.15, 0.2) is 340 Å². The van der Waals surface area contributed by atoms with E-state index in [1.165, 1.54) is 98.7 Å². The van der Waals surface area contributed by atoms with Crippen LogP contribution in [0.2, 0.25) is 0 Å². The Morgan fingerprint density at radius 1 is 0.131 bits per heavy atom. The van der Waals surface area contributed by atoms with Gasteiger partial charge in [0.05, 0.1) is 0 Å². The maximum Gasteiger partial charge on any atom is 0.0467 e. The van der Waals surface area contributed by atoms with Gasteiger partial charge in [-0.25, -0.2) is 0 Å². The number of nitrogens with zero attached hydrogens (tertiary/aromatic N) is 2. The number of fused-ring (bicyclic) bond motifs is 4. The van der Waals surface area contributed by atoms with E-state index in [4.69, 9.17) is 0 Å². The number of hydrogen-bond acceptors (Lipinski definition) is 2. The topological polar surface area (TPSA) is 6.48 Å². The van der Waals surface area contributed by atoms with Gasteiger partial charge in [0.25, 0.3) is 0 Å². The molecule has 0 aliphatic carbocycles. The quantitative estimate of drug-likeness (QED) is 0.113. The van der Waals surface area contributed by atoms with Crippen LogP contribution in [0.1, 0.15) is 0 Å². The molecule has 2 nitrogen and oxygen atoms in total. The zero-order valence-electron chi connectivity index (χ0n) is 46.2. The summed E-state index contributed by atoms with van der Waals surface area (Å²) >= 11 is 0. The van der Waals surface area contributed by atoms with Crippen LogP contribution in [-0.4, -0.2) is 0 Å². The first-order valence-corrected chi connectivity index (χ1v) is 28.9. The number of para-hydroxylation sites is 2. The van der Waals surface area contributed by atoms with Crippen molar-refractivity contribution in [2.75, 3.05) is 9.80 Å². The molecular formula is C82H56N2. The molecule has 0 aliphatic heterocycles. The first-order valence-electron chi connectivity index (χ1n) is 28.9. The molecule has 0 heterocycles. The molecule has 0 unspecified atom stereocenters. The minimum Gasteiger partial charge on any atom is -0.310 e. The second kappa shape index (κ2) is 21.8. The zero-order chi connectivity index (χ0) is 55.8. The van der Waals surface area contributed by atoms with Crippen LogP contribution >= 0.6 is 0 Å². The summed E-state index contributed by atoms with van der Waals surface area (Å²) in [6.45, 7) is 0. The number of anilines is 6. The normalized spacial score (nSPS) is 11.3. The average molecular weight is 1070 g/mol. The van der Waals surface area contributed by atoms with Gasteiger partial charge < -0.3 is 9.80 Å². The maximum absolute atomic E-state index is 2.44. The molecule has 0 bridgehead atoms. The van der Waals surface area contributed by atoms with Crippen molar-refractivity contribution in [2.24, 2.45) is 0 Å². The first kappa shape index (κ1) is 49.9. The van der Waals surface area contributed by atoms with Crippen LogP contribution in [0.5, 0.6) is 0 Å². The average Bonchev–Trinajstić information content (AvgIpc) is 1.41. The van der Waals surface area contributed by atoms with Crippen molar-refractivity contribution in [3.63, 3.8) is 0 Å². The van der Waals surface area contributed by atoms with Crippen LogP contribution in [0.4, 0.5) is 34.1 Å². The molecule has 15 rings (SSSR count). The summed E-state index contributed by atoms with van der Waals surface area (Å²) in [6.07, 6.45) is 0. The lowest BCUT2D eigenvalue weighted by atomic mass is 9.83. The Bertz CT molecular complexity index is 4480. The third-order valence-electron chi connectivity index (χ3n) is 16.5. The smallest absolute Gasteiger partial charge is 0.0467 e. The van der Waals surface area contributed by atoms with Gasteiger partial charge in [0, 0.05) is 34.1 Å². The van der Waals surface area contributed by atoms with E-state index in [9.17, 15) is 0 Å². The highest BCUT2D eigenvalue weighted by Gasteiger charge is 2.23. The lowest BCUT2D eigenvalue weighted by Crippen LogP contribution is -2.10. The number of rotatable bonds is 12. The molecule has 15 aromatic carbocycles. The van der Waals surface area contributed by atoms with Crippen LogP contribution in [0.25, 0.3) is 110 Å². The molecule has 0 aliphatic rings. The Labute approximate surface area is 490 Å². The van der Waals surface area contributed by atoms with Crippen molar-refractivity contribution in [3.05, 3.63) is 340 Å². The molecule has 0 radical (unpaired) electrons. The van der Waals surface area contributed by atoms with Gasteiger partial charge in [0.2, 0.25) is 0 Å². The summed E-state index contributed by atoms with van der Waals surface area (Å²) < 4.78 is 0. The van der Waals surface area contributed by atoms with Gasteiger partial charge in [-0.2, -0.15) is 0 Å². The summed E-state index contributed by atoms with van der Waals surface area (Å²) in [5, 5.41) is 9.70. The third-order valence-corrected chi connectivity index (χ3v) is 16.5. The van der Waals surface area contributed by atoms with E-state index >= 15 is 0 Å². The standard InChI is InChI=1S/C82H56N2/c1-5-26-57(27-6-1)59-30-22-40-67(53-59)83(65-36-9-3-10-37-65)69-42-24-34-63(55-69)81-75-48-17-13-44-71(75)79(72-45-14-18-49-76(72)81)61-32-21-33-62(52-61)80-73-46-15-19-50-77(73)82(78-51-20-16-47-74(78)80)64-35-25-43-70(56-64)84(66-38-11-4-12-39-66)68-41-23-31-60(54-68)58-28-7-2-8-29-58/h1-56H. The summed E-state index contributed by atoms with van der Waals surface area (Å²) in [5.74, 6) is 0. The molecular weight excluding hydrogens is 1010 g/mol. The van der Waals surface area contributed by atoms with Gasteiger partial charge in [-0.05, 0) is 189 Å². The molecule has 0 spiro atoms. The minimum atomic E-state index is 1.09. The van der Waals surface area contributed by atoms with Crippen LogP contribution < -0.4 is 9.80 Å². The van der Waals surface area contributed by atoms with E-state index in [1.54, 1.807) is 0 Å². The number of benzene rings is 15. The summed E-state index contributed by atoms with van der Waals surface area (Å²) in [7, 11) is 0. The fraction of sp³-hybridized carbons (Fsp3) is 0. The summed E-state index contributed by atoms with van der Waals surface area (Å²) in [5.41, 5.74) is 20.9. The van der Waals surface area contributed by atoms with E-state index in [0.29, 0.717) is 0 Å². The molecule has 0 aromatic heterocycles. The molecule has 2 heteroatoms. The lowest BCUT2D eigenvalue weighted by molar-refractivity contribution is 1.28. The highest BCUT2D eigenvalue weighted by Crippen LogP contribution is 2.49. The van der Waals surface area contributed by atoms with Crippen molar-refractivity contribution < 1.29 is 0 Å². The van der Waals surface area contributed by atoms with E-state index in [0.717, 1.165) is 45.3 Å². The van der Waals surface area contributed by atoms with Crippen LogP contribution in [-0.2, 0) is 0 Å². The zero-order valence-corrected chi connectivity index (χ0v) is 46.2. The third kappa shape index (κ3) is 9.13. The molecule has 0 N–H and O–H groups in total. The van der Waals surface area contributed by atoms with Crippen molar-refractivity contribution >= 4 is 77.2 Å². The molecule has 394 valence electrons. The van der Waals surface area contributed by atoms with Gasteiger partial charge in [0.15, 0.2) is 0 Å². The van der Waals surface area contributed by atoms with Crippen LogP contribution in [0, 0.1) is 0 Å². The highest BCUT2D eigenvalue weighted by molar-refractivity contribution is 6.24. The molecule has 0 fully saturated rings. The Balaban J connectivity index is 0.862. The van der Waals surface area contributed by atoms with Gasteiger partial charge >= 0.3 is 0 Å². The van der Waals surface area contributed by atoms with Crippen molar-refractivity contribution in [2.45, 2.75) is 0 Å². The predicted molar refractivity (Wildman–Crippen MR) is 358 cm³/mol. The van der Waals surface area contributed by atoms with Crippen molar-refractivity contribution in [1.29, 1.82) is 0 Å². The monoisotopic (exact) mass is 1070 g/mol. The van der Waals surface area contributed by atoms with Crippen molar-refractivity contribution in [3.8, 4) is 66.8 Å². The van der Waals surface area contributed by atoms with Gasteiger partial charge in [0.1, 0.15) is 0 Å². The van der Waals surface area contributed by atoms with Crippen molar-refractivity contribution in [1.82, 2.24) is 0 Å². The Kier molecular flexibility index (Phi) is 12.9. The molecule has 15 aromatic rings. The molecule has 0 saturated carbocycles. The maximum atomic E-state index is 2.44. The van der Waals surface area contributed by atoms with Gasteiger partial charge in [-0.3, -0.25) is 0 Å². The van der Waals surface area contributed by atoms with E-state index in [2.05, 4.69) is 350 Å². The second-order valence-corrected chi connectivity index (χ2v) is 21.5. The Hall–Kier alpha value is -11.1. The van der Waals surface area contributed by atoms with Gasteiger partial charge in [-0.15, -0.1) is 0 Å².